The van der Waals surface area contributed by atoms with Gasteiger partial charge in [-0.2, -0.15) is 0 Å². The number of ether oxygens (including phenoxy) is 1. The molecule has 9 heteroatoms. The Bertz CT molecular complexity index is 1280. The SMILES string of the molecule is CC(C)(C)[Si](c1ccccc1)(c1ccccc1)C(O)[C@@H]1C[C@@H](F)[C@H](n2cnc3c(Cl)ncnc32)O1. The first kappa shape index (κ1) is 24.1. The molecule has 1 N–H and O–H groups in total. The summed E-state index contributed by atoms with van der Waals surface area (Å²) in [5.41, 5.74) is -0.109. The molecule has 4 atom stereocenters. The summed E-state index contributed by atoms with van der Waals surface area (Å²) in [7, 11) is -2.93. The molecule has 0 bridgehead atoms. The number of benzene rings is 2. The smallest absolute Gasteiger partial charge is 0.168 e. The Morgan fingerprint density at radius 1 is 1.03 bits per heavy atom. The van der Waals surface area contributed by atoms with Crippen molar-refractivity contribution >= 4 is 41.2 Å². The minimum absolute atomic E-state index is 0.0643. The second kappa shape index (κ2) is 9.09. The lowest BCUT2D eigenvalue weighted by molar-refractivity contribution is -0.0480. The second-order valence-electron chi connectivity index (χ2n) is 10.0. The molecule has 0 spiro atoms. The van der Waals surface area contributed by atoms with Gasteiger partial charge in [0.15, 0.2) is 25.1 Å². The van der Waals surface area contributed by atoms with Crippen LogP contribution in [-0.2, 0) is 4.74 Å². The molecule has 3 heterocycles. The number of aromatic nitrogens is 4. The molecule has 4 aromatic rings. The lowest BCUT2D eigenvalue weighted by atomic mass is 10.2. The maximum absolute atomic E-state index is 15.5. The zero-order chi connectivity index (χ0) is 24.8. The summed E-state index contributed by atoms with van der Waals surface area (Å²) in [6, 6.07) is 20.2. The largest absolute Gasteiger partial charge is 0.393 e. The van der Waals surface area contributed by atoms with Crippen molar-refractivity contribution in [2.45, 2.75) is 56.5 Å². The fourth-order valence-electron chi connectivity index (χ4n) is 5.61. The van der Waals surface area contributed by atoms with Crippen LogP contribution < -0.4 is 10.4 Å². The van der Waals surface area contributed by atoms with Crippen LogP contribution in [-0.4, -0.2) is 50.7 Å². The van der Waals surface area contributed by atoms with Crippen molar-refractivity contribution in [3.05, 3.63) is 78.5 Å². The van der Waals surface area contributed by atoms with E-state index in [1.165, 1.54) is 12.7 Å². The summed E-state index contributed by atoms with van der Waals surface area (Å²) in [4.78, 5) is 12.4. The van der Waals surface area contributed by atoms with Crippen LogP contribution in [0, 0.1) is 0 Å². The molecule has 1 fully saturated rings. The van der Waals surface area contributed by atoms with Gasteiger partial charge in [0.25, 0.3) is 0 Å². The van der Waals surface area contributed by atoms with Gasteiger partial charge in [-0.3, -0.25) is 4.57 Å². The minimum Gasteiger partial charge on any atom is -0.393 e. The molecule has 1 aliphatic rings. The zero-order valence-electron chi connectivity index (χ0n) is 19.8. The van der Waals surface area contributed by atoms with Crippen LogP contribution in [0.5, 0.6) is 0 Å². The number of alkyl halides is 1. The van der Waals surface area contributed by atoms with Gasteiger partial charge in [-0.15, -0.1) is 0 Å². The molecule has 1 saturated heterocycles. The average Bonchev–Trinajstić information content (AvgIpc) is 3.44. The topological polar surface area (TPSA) is 73.1 Å². The van der Waals surface area contributed by atoms with Gasteiger partial charge < -0.3 is 9.84 Å². The highest BCUT2D eigenvalue weighted by atomic mass is 35.5. The number of nitrogens with zero attached hydrogens (tertiary/aromatic N) is 4. The second-order valence-corrected chi connectivity index (χ2v) is 15.3. The first-order chi connectivity index (χ1) is 16.7. The number of hydrogen-bond acceptors (Lipinski definition) is 5. The van der Waals surface area contributed by atoms with Gasteiger partial charge in [0.05, 0.1) is 18.2 Å². The summed E-state index contributed by atoms with van der Waals surface area (Å²) in [5.74, 6) is 0. The van der Waals surface area contributed by atoms with Crippen LogP contribution in [0.4, 0.5) is 4.39 Å². The third kappa shape index (κ3) is 3.89. The summed E-state index contributed by atoms with van der Waals surface area (Å²) in [5, 5.41) is 14.3. The molecule has 0 amide bonds. The number of hydrogen-bond donors (Lipinski definition) is 1. The van der Waals surface area contributed by atoms with Gasteiger partial charge in [0, 0.05) is 6.42 Å². The van der Waals surface area contributed by atoms with E-state index < -0.39 is 32.3 Å². The van der Waals surface area contributed by atoms with E-state index in [0.29, 0.717) is 11.2 Å². The predicted molar refractivity (Wildman–Crippen MR) is 137 cm³/mol. The van der Waals surface area contributed by atoms with Crippen LogP contribution in [0.2, 0.25) is 10.2 Å². The molecule has 1 unspecified atom stereocenters. The molecule has 2 aromatic heterocycles. The predicted octanol–water partition coefficient (Wildman–Crippen LogP) is 4.07. The van der Waals surface area contributed by atoms with Crippen LogP contribution >= 0.6 is 11.6 Å². The van der Waals surface area contributed by atoms with Crippen LogP contribution in [0.15, 0.2) is 73.3 Å². The molecular formula is C26H28ClFN4O2Si. The standard InChI is InChI=1S/C26H28ClFN4O2Si/c1-26(2,3)35(17-10-6-4-7-11-17,18-12-8-5-9-13-18)25(33)20-14-19(28)24(34-20)32-16-31-21-22(27)29-15-30-23(21)32/h4-13,15-16,19-20,24-25,33H,14H2,1-3H3/t19-,20+,24-,25?/m1/s1. The number of aliphatic hydroxyl groups excluding tert-OH is 1. The quantitative estimate of drug-likeness (QED) is 0.323. The number of fused-ring (bicyclic) bond motifs is 1. The molecule has 182 valence electrons. The van der Waals surface area contributed by atoms with E-state index in [-0.39, 0.29) is 16.6 Å². The molecule has 6 nitrogen and oxygen atoms in total. The number of imidazole rings is 1. The first-order valence-electron chi connectivity index (χ1n) is 11.7. The molecule has 5 rings (SSSR count). The average molecular weight is 511 g/mol. The van der Waals surface area contributed by atoms with Crippen molar-refractivity contribution in [3.8, 4) is 0 Å². The fraction of sp³-hybridized carbons (Fsp3) is 0.346. The molecule has 0 radical (unpaired) electrons. The van der Waals surface area contributed by atoms with E-state index >= 15 is 4.39 Å². The minimum atomic E-state index is -2.93. The van der Waals surface area contributed by atoms with Crippen molar-refractivity contribution in [3.63, 3.8) is 0 Å². The fourth-order valence-corrected chi connectivity index (χ4v) is 11.6. The summed E-state index contributed by atoms with van der Waals surface area (Å²) < 4.78 is 23.4. The van der Waals surface area contributed by atoms with Crippen molar-refractivity contribution in [2.24, 2.45) is 0 Å². The lowest BCUT2D eigenvalue weighted by Crippen LogP contribution is -2.74. The molecule has 35 heavy (non-hydrogen) atoms. The zero-order valence-corrected chi connectivity index (χ0v) is 21.6. The molecular weight excluding hydrogens is 483 g/mol. The van der Waals surface area contributed by atoms with Gasteiger partial charge in [0.2, 0.25) is 0 Å². The Kier molecular flexibility index (Phi) is 6.25. The normalized spacial score (nSPS) is 21.9. The Morgan fingerprint density at radius 2 is 1.63 bits per heavy atom. The third-order valence-electron chi connectivity index (χ3n) is 7.11. The summed E-state index contributed by atoms with van der Waals surface area (Å²) in [6.07, 6.45) is -0.173. The van der Waals surface area contributed by atoms with E-state index in [4.69, 9.17) is 16.3 Å². The maximum atomic E-state index is 15.5. The lowest BCUT2D eigenvalue weighted by Gasteiger charge is -2.48. The molecule has 0 aliphatic carbocycles. The summed E-state index contributed by atoms with van der Waals surface area (Å²) >= 11 is 6.14. The van der Waals surface area contributed by atoms with Crippen molar-refractivity contribution < 1.29 is 14.2 Å². The van der Waals surface area contributed by atoms with Gasteiger partial charge in [0.1, 0.15) is 18.0 Å². The maximum Gasteiger partial charge on any atom is 0.168 e. The molecule has 1 aliphatic heterocycles. The van der Waals surface area contributed by atoms with Gasteiger partial charge in [-0.25, -0.2) is 19.3 Å². The van der Waals surface area contributed by atoms with E-state index in [0.717, 1.165) is 10.4 Å². The Morgan fingerprint density at radius 3 is 2.20 bits per heavy atom. The van der Waals surface area contributed by atoms with Gasteiger partial charge in [-0.1, -0.05) is 103 Å². The number of rotatable bonds is 5. The van der Waals surface area contributed by atoms with Gasteiger partial charge >= 0.3 is 0 Å². The summed E-state index contributed by atoms with van der Waals surface area (Å²) in [6.45, 7) is 6.47. The monoisotopic (exact) mass is 510 g/mol. The van der Waals surface area contributed by atoms with Crippen LogP contribution in [0.1, 0.15) is 33.4 Å². The van der Waals surface area contributed by atoms with Crippen molar-refractivity contribution in [2.75, 3.05) is 0 Å². The Balaban J connectivity index is 1.59. The van der Waals surface area contributed by atoms with Crippen molar-refractivity contribution in [1.82, 2.24) is 19.5 Å². The highest BCUT2D eigenvalue weighted by Crippen LogP contribution is 2.43. The number of halogens is 2. The van der Waals surface area contributed by atoms with Crippen molar-refractivity contribution in [1.29, 1.82) is 0 Å². The van der Waals surface area contributed by atoms with E-state index in [1.807, 2.05) is 36.4 Å². The molecule has 0 saturated carbocycles. The number of aliphatic hydroxyl groups is 1. The van der Waals surface area contributed by atoms with Crippen LogP contribution in [0.3, 0.4) is 0 Å². The Labute approximate surface area is 209 Å². The van der Waals surface area contributed by atoms with E-state index in [9.17, 15) is 5.11 Å². The Hall–Kier alpha value is -2.65. The molecule has 2 aromatic carbocycles. The highest BCUT2D eigenvalue weighted by molar-refractivity contribution is 7.05. The first-order valence-corrected chi connectivity index (χ1v) is 14.1. The third-order valence-corrected chi connectivity index (χ3v) is 13.5. The van der Waals surface area contributed by atoms with E-state index in [2.05, 4.69) is 60.0 Å². The highest BCUT2D eigenvalue weighted by Gasteiger charge is 2.57. The van der Waals surface area contributed by atoms with E-state index in [1.54, 1.807) is 4.57 Å². The van der Waals surface area contributed by atoms with Crippen LogP contribution in [0.25, 0.3) is 11.2 Å². The van der Waals surface area contributed by atoms with Gasteiger partial charge in [-0.05, 0) is 5.04 Å².